The average Bonchev–Trinajstić information content (AvgIpc) is 2.90. The van der Waals surface area contributed by atoms with Gasteiger partial charge in [0, 0.05) is 16.1 Å². The second-order valence-corrected chi connectivity index (χ2v) is 4.87. The van der Waals surface area contributed by atoms with Crippen LogP contribution in [0.4, 0.5) is 0 Å². The summed E-state index contributed by atoms with van der Waals surface area (Å²) in [6.45, 7) is 1.85. The maximum atomic E-state index is 11.8. The first kappa shape index (κ1) is 12.8. The van der Waals surface area contributed by atoms with Crippen LogP contribution in [0, 0.1) is 0 Å². The topological polar surface area (TPSA) is 41.5 Å². The molecule has 18 heavy (non-hydrogen) atoms. The Morgan fingerprint density at radius 3 is 2.56 bits per heavy atom. The van der Waals surface area contributed by atoms with Gasteiger partial charge in [0.15, 0.2) is 0 Å². The van der Waals surface area contributed by atoms with Gasteiger partial charge in [0.25, 0.3) is 5.91 Å². The highest BCUT2D eigenvalue weighted by Gasteiger charge is 2.04. The van der Waals surface area contributed by atoms with Gasteiger partial charge in [-0.15, -0.1) is 0 Å². The van der Waals surface area contributed by atoms with Crippen LogP contribution in [-0.4, -0.2) is 11.6 Å². The van der Waals surface area contributed by atoms with Crippen LogP contribution in [0.3, 0.4) is 0 Å². The minimum atomic E-state index is -0.249. The van der Waals surface area contributed by atoms with Crippen LogP contribution in [0.2, 0.25) is 5.02 Å². The molecule has 92 valence electrons. The minimum Gasteiger partial charge on any atom is -0.267 e. The summed E-state index contributed by atoms with van der Waals surface area (Å²) in [7, 11) is 0. The van der Waals surface area contributed by atoms with E-state index in [-0.39, 0.29) is 5.91 Å². The lowest BCUT2D eigenvalue weighted by molar-refractivity contribution is 0.0955. The predicted molar refractivity (Wildman–Crippen MR) is 75.4 cm³/mol. The first-order valence-electron chi connectivity index (χ1n) is 5.29. The fraction of sp³-hybridized carbons (Fsp3) is 0.0769. The molecule has 0 aliphatic heterocycles. The lowest BCUT2D eigenvalue weighted by Crippen LogP contribution is -2.19. The molecule has 0 aliphatic carbocycles. The van der Waals surface area contributed by atoms with E-state index in [1.165, 1.54) is 0 Å². The highest BCUT2D eigenvalue weighted by molar-refractivity contribution is 7.08. The van der Waals surface area contributed by atoms with Crippen LogP contribution < -0.4 is 5.43 Å². The molecule has 0 spiro atoms. The fourth-order valence-corrected chi connectivity index (χ4v) is 2.16. The number of amides is 1. The Morgan fingerprint density at radius 1 is 1.22 bits per heavy atom. The Bertz CT molecular complexity index is 561. The number of nitrogens with one attached hydrogen (secondary N) is 1. The number of nitrogens with zero attached hydrogens (tertiary/aromatic N) is 1. The van der Waals surface area contributed by atoms with Gasteiger partial charge < -0.3 is 0 Å². The molecule has 0 saturated carbocycles. The lowest BCUT2D eigenvalue weighted by atomic mass is 10.2. The summed E-state index contributed by atoms with van der Waals surface area (Å²) in [5.74, 6) is -0.249. The lowest BCUT2D eigenvalue weighted by Gasteiger charge is -2.01. The Balaban J connectivity index is 2.04. The molecule has 1 N–H and O–H groups in total. The highest BCUT2D eigenvalue weighted by Crippen LogP contribution is 2.10. The Kier molecular flexibility index (Phi) is 4.12. The van der Waals surface area contributed by atoms with Crippen molar-refractivity contribution < 1.29 is 4.79 Å². The molecule has 1 aromatic heterocycles. The summed E-state index contributed by atoms with van der Waals surface area (Å²) in [5, 5.41) is 8.60. The Morgan fingerprint density at radius 2 is 1.94 bits per heavy atom. The SMILES string of the molecule is CC(=NNC(=O)c1ccc(Cl)cc1)c1ccsc1. The van der Waals surface area contributed by atoms with Crippen molar-refractivity contribution in [2.45, 2.75) is 6.92 Å². The fourth-order valence-electron chi connectivity index (χ4n) is 1.34. The number of carbonyl (C=O) groups is 1. The number of hydrogen-bond acceptors (Lipinski definition) is 3. The molecule has 3 nitrogen and oxygen atoms in total. The second-order valence-electron chi connectivity index (χ2n) is 3.66. The standard InChI is InChI=1S/C13H11ClN2OS/c1-9(11-6-7-18-8-11)15-16-13(17)10-2-4-12(14)5-3-10/h2-8H,1H3,(H,16,17). The van der Waals surface area contributed by atoms with Gasteiger partial charge in [0.05, 0.1) is 5.71 Å². The number of hydrogen-bond donors (Lipinski definition) is 1. The van der Waals surface area contributed by atoms with Crippen molar-refractivity contribution in [3.63, 3.8) is 0 Å². The number of hydrazone groups is 1. The van der Waals surface area contributed by atoms with Gasteiger partial charge in [-0.1, -0.05) is 11.6 Å². The van der Waals surface area contributed by atoms with Gasteiger partial charge >= 0.3 is 0 Å². The van der Waals surface area contributed by atoms with Crippen LogP contribution in [0.5, 0.6) is 0 Å². The first-order chi connectivity index (χ1) is 8.66. The van der Waals surface area contributed by atoms with Gasteiger partial charge in [0.2, 0.25) is 0 Å². The van der Waals surface area contributed by atoms with E-state index in [0.29, 0.717) is 10.6 Å². The van der Waals surface area contributed by atoms with Gasteiger partial charge in [-0.25, -0.2) is 5.43 Å². The van der Waals surface area contributed by atoms with Gasteiger partial charge in [-0.3, -0.25) is 4.79 Å². The monoisotopic (exact) mass is 278 g/mol. The largest absolute Gasteiger partial charge is 0.271 e. The first-order valence-corrected chi connectivity index (χ1v) is 6.61. The van der Waals surface area contributed by atoms with Gasteiger partial charge in [0.1, 0.15) is 0 Å². The number of rotatable bonds is 3. The van der Waals surface area contributed by atoms with E-state index in [1.807, 2.05) is 23.8 Å². The zero-order chi connectivity index (χ0) is 13.0. The molecule has 0 saturated heterocycles. The molecule has 2 rings (SSSR count). The number of halogens is 1. The van der Waals surface area contributed by atoms with Crippen LogP contribution in [-0.2, 0) is 0 Å². The molecule has 1 amide bonds. The summed E-state index contributed by atoms with van der Waals surface area (Å²) < 4.78 is 0. The van der Waals surface area contributed by atoms with Crippen molar-refractivity contribution in [1.29, 1.82) is 0 Å². The number of thiophene rings is 1. The predicted octanol–water partition coefficient (Wildman–Crippen LogP) is 3.56. The maximum absolute atomic E-state index is 11.8. The van der Waals surface area contributed by atoms with Crippen LogP contribution >= 0.6 is 22.9 Å². The van der Waals surface area contributed by atoms with E-state index in [2.05, 4.69) is 10.5 Å². The van der Waals surface area contributed by atoms with Crippen LogP contribution in [0.25, 0.3) is 0 Å². The summed E-state index contributed by atoms with van der Waals surface area (Å²) in [5.41, 5.74) is 4.83. The van der Waals surface area contributed by atoms with Crippen molar-refractivity contribution in [2.24, 2.45) is 5.10 Å². The third-order valence-corrected chi connectivity index (χ3v) is 3.31. The second kappa shape index (κ2) is 5.80. The Labute approximate surface area is 114 Å². The molecule has 0 radical (unpaired) electrons. The molecule has 1 aromatic carbocycles. The molecule has 0 unspecified atom stereocenters. The van der Waals surface area contributed by atoms with E-state index in [9.17, 15) is 4.79 Å². The number of benzene rings is 1. The van der Waals surface area contributed by atoms with Crippen molar-refractivity contribution >= 4 is 34.6 Å². The third-order valence-electron chi connectivity index (χ3n) is 2.37. The van der Waals surface area contributed by atoms with Crippen molar-refractivity contribution in [1.82, 2.24) is 5.43 Å². The van der Waals surface area contributed by atoms with Crippen molar-refractivity contribution in [2.75, 3.05) is 0 Å². The number of carbonyl (C=O) groups excluding carboxylic acids is 1. The molecule has 2 aromatic rings. The molecule has 5 heteroatoms. The van der Waals surface area contributed by atoms with Crippen molar-refractivity contribution in [3.05, 3.63) is 57.2 Å². The molecule has 0 bridgehead atoms. The van der Waals surface area contributed by atoms with Gasteiger partial charge in [-0.2, -0.15) is 16.4 Å². The van der Waals surface area contributed by atoms with Gasteiger partial charge in [-0.05, 0) is 48.0 Å². The van der Waals surface area contributed by atoms with E-state index >= 15 is 0 Å². The van der Waals surface area contributed by atoms with Crippen LogP contribution in [0.15, 0.2) is 46.2 Å². The molecular weight excluding hydrogens is 268 g/mol. The van der Waals surface area contributed by atoms with E-state index in [1.54, 1.807) is 35.6 Å². The zero-order valence-corrected chi connectivity index (χ0v) is 11.3. The summed E-state index contributed by atoms with van der Waals surface area (Å²) in [4.78, 5) is 11.8. The quantitative estimate of drug-likeness (QED) is 0.677. The smallest absolute Gasteiger partial charge is 0.267 e. The minimum absolute atomic E-state index is 0.249. The maximum Gasteiger partial charge on any atom is 0.271 e. The summed E-state index contributed by atoms with van der Waals surface area (Å²) in [6.07, 6.45) is 0. The van der Waals surface area contributed by atoms with E-state index < -0.39 is 0 Å². The zero-order valence-electron chi connectivity index (χ0n) is 9.68. The van der Waals surface area contributed by atoms with E-state index in [4.69, 9.17) is 11.6 Å². The average molecular weight is 279 g/mol. The molecule has 0 atom stereocenters. The third kappa shape index (κ3) is 3.18. The normalized spacial score (nSPS) is 11.3. The molecule has 1 heterocycles. The highest BCUT2D eigenvalue weighted by atomic mass is 35.5. The summed E-state index contributed by atoms with van der Waals surface area (Å²) in [6, 6.07) is 8.62. The Hall–Kier alpha value is -1.65. The molecule has 0 fully saturated rings. The molecule has 0 aliphatic rings. The van der Waals surface area contributed by atoms with Crippen molar-refractivity contribution in [3.8, 4) is 0 Å². The van der Waals surface area contributed by atoms with E-state index in [0.717, 1.165) is 11.3 Å². The van der Waals surface area contributed by atoms with Crippen LogP contribution in [0.1, 0.15) is 22.8 Å². The molecular formula is C13H11ClN2OS. The summed E-state index contributed by atoms with van der Waals surface area (Å²) >= 11 is 7.35.